The van der Waals surface area contributed by atoms with E-state index in [9.17, 15) is 5.11 Å². The molecule has 0 saturated heterocycles. The van der Waals surface area contributed by atoms with Gasteiger partial charge < -0.3 is 14.3 Å². The number of aromatic hydroxyl groups is 1. The van der Waals surface area contributed by atoms with Gasteiger partial charge in [0, 0.05) is 17.0 Å². The Labute approximate surface area is 177 Å². The number of aromatic nitrogens is 2. The van der Waals surface area contributed by atoms with Crippen LogP contribution in [-0.2, 0) is 0 Å². The van der Waals surface area contributed by atoms with Gasteiger partial charge in [-0.2, -0.15) is 5.43 Å². The number of nitrogens with zero attached hydrogens (tertiary/aromatic N) is 1. The van der Waals surface area contributed by atoms with Gasteiger partial charge in [-0.15, -0.1) is 5.10 Å². The molecule has 5 rings (SSSR count). The Hall–Kier alpha value is -4.26. The molecule has 2 aromatic heterocycles. The predicted molar refractivity (Wildman–Crippen MR) is 119 cm³/mol. The lowest BCUT2D eigenvalue weighted by Crippen LogP contribution is -2.12. The molecule has 0 fully saturated rings. The second-order valence-electron chi connectivity index (χ2n) is 7.28. The van der Waals surface area contributed by atoms with Gasteiger partial charge in [0.25, 0.3) is 0 Å². The molecule has 7 nitrogen and oxygen atoms in total. The average Bonchev–Trinajstić information content (AvgIpc) is 3.20. The highest BCUT2D eigenvalue weighted by molar-refractivity contribution is 5.79. The first-order valence-corrected chi connectivity index (χ1v) is 9.82. The zero-order chi connectivity index (χ0) is 21.4. The van der Waals surface area contributed by atoms with Gasteiger partial charge >= 0.3 is 5.95 Å². The van der Waals surface area contributed by atoms with E-state index in [4.69, 9.17) is 9.15 Å². The Kier molecular flexibility index (Phi) is 4.55. The smallest absolute Gasteiger partial charge is 0.377 e. The molecular formula is C24H21N4O3+. The number of hydrogen-bond donors (Lipinski definition) is 3. The number of anilines is 1. The van der Waals surface area contributed by atoms with Gasteiger partial charge in [0.05, 0.1) is 7.11 Å². The number of aryl methyl sites for hydroxylation is 1. The van der Waals surface area contributed by atoms with E-state index in [0.717, 1.165) is 32.9 Å². The number of hydrogen-bond acceptors (Lipinski definition) is 5. The highest BCUT2D eigenvalue weighted by Gasteiger charge is 2.11. The van der Waals surface area contributed by atoms with Crippen molar-refractivity contribution in [1.82, 2.24) is 4.98 Å². The Morgan fingerprint density at radius 1 is 1.06 bits per heavy atom. The van der Waals surface area contributed by atoms with Gasteiger partial charge in [-0.25, -0.2) is 9.97 Å². The van der Waals surface area contributed by atoms with Crippen LogP contribution in [0.25, 0.3) is 33.3 Å². The van der Waals surface area contributed by atoms with Crippen LogP contribution in [0.4, 0.5) is 5.95 Å². The van der Waals surface area contributed by atoms with Gasteiger partial charge in [-0.3, -0.25) is 0 Å². The summed E-state index contributed by atoms with van der Waals surface area (Å²) in [6.45, 7) is 2.01. The number of phenolic OH excluding ortho intramolecular Hbond substituents is 1. The van der Waals surface area contributed by atoms with Gasteiger partial charge in [0.2, 0.25) is 0 Å². The number of rotatable bonds is 4. The molecule has 0 unspecified atom stereocenters. The SMILES string of the molecule is COc1cc(-c2c/c(=N\Nc3[nH]c4ccccc4[nH+]3)c3ccc(C)cc3o2)ccc1O. The fourth-order valence-corrected chi connectivity index (χ4v) is 3.51. The summed E-state index contributed by atoms with van der Waals surface area (Å²) in [4.78, 5) is 6.52. The van der Waals surface area contributed by atoms with Crippen LogP contribution >= 0.6 is 0 Å². The Morgan fingerprint density at radius 2 is 1.94 bits per heavy atom. The molecule has 0 aliphatic heterocycles. The number of imidazole rings is 1. The van der Waals surface area contributed by atoms with Gasteiger partial charge in [0.1, 0.15) is 27.7 Å². The first kappa shape index (κ1) is 18.7. The van der Waals surface area contributed by atoms with Crippen molar-refractivity contribution >= 4 is 28.0 Å². The topological polar surface area (TPSA) is 96.9 Å². The molecule has 0 radical (unpaired) electrons. The largest absolute Gasteiger partial charge is 0.504 e. The maximum absolute atomic E-state index is 9.92. The first-order chi connectivity index (χ1) is 15.1. The molecule has 154 valence electrons. The van der Waals surface area contributed by atoms with Gasteiger partial charge in [0.15, 0.2) is 11.5 Å². The maximum Gasteiger partial charge on any atom is 0.377 e. The standard InChI is InChI=1S/C24H20N4O3/c1-14-7-9-16-19(27-28-24-25-17-5-3-4-6-18(17)26-24)13-21(31-22(16)11-14)15-8-10-20(29)23(12-15)30-2/h3-13,29H,1-2H3,(H2,25,26,28)/p+1/b27-19+. The quantitative estimate of drug-likeness (QED) is 0.382. The van der Waals surface area contributed by atoms with Crippen LogP contribution in [0.5, 0.6) is 11.5 Å². The normalized spacial score (nSPS) is 11.9. The number of phenols is 1. The number of nitrogens with one attached hydrogen (secondary N) is 3. The van der Waals surface area contributed by atoms with Crippen LogP contribution in [0.15, 0.2) is 76.2 Å². The van der Waals surface area contributed by atoms with Crippen LogP contribution in [0.3, 0.4) is 0 Å². The number of aromatic amines is 2. The molecule has 0 spiro atoms. The monoisotopic (exact) mass is 413 g/mol. The number of ether oxygens (including phenoxy) is 1. The van der Waals surface area contributed by atoms with Crippen molar-refractivity contribution in [3.8, 4) is 22.8 Å². The van der Waals surface area contributed by atoms with E-state index in [0.29, 0.717) is 23.0 Å². The molecule has 4 N–H and O–H groups in total. The van der Waals surface area contributed by atoms with Crippen LogP contribution in [0.2, 0.25) is 0 Å². The summed E-state index contributed by atoms with van der Waals surface area (Å²) in [6.07, 6.45) is 0. The number of benzene rings is 3. The Bertz CT molecular complexity index is 1450. The summed E-state index contributed by atoms with van der Waals surface area (Å²) in [5, 5.41) is 16.1. The summed E-state index contributed by atoms with van der Waals surface area (Å²) in [5.41, 5.74) is 7.62. The molecule has 0 aliphatic rings. The summed E-state index contributed by atoms with van der Waals surface area (Å²) >= 11 is 0. The minimum absolute atomic E-state index is 0.0730. The molecule has 31 heavy (non-hydrogen) atoms. The van der Waals surface area contributed by atoms with E-state index in [1.807, 2.05) is 55.5 Å². The van der Waals surface area contributed by atoms with Crippen molar-refractivity contribution in [3.63, 3.8) is 0 Å². The lowest BCUT2D eigenvalue weighted by atomic mass is 10.1. The highest BCUT2D eigenvalue weighted by Crippen LogP contribution is 2.32. The van der Waals surface area contributed by atoms with E-state index < -0.39 is 0 Å². The molecule has 0 amide bonds. The van der Waals surface area contributed by atoms with Gasteiger partial charge in [-0.05, 0) is 55.0 Å². The Morgan fingerprint density at radius 3 is 2.77 bits per heavy atom. The maximum atomic E-state index is 9.92. The molecule has 0 atom stereocenters. The number of H-pyrrole nitrogens is 2. The number of fused-ring (bicyclic) bond motifs is 2. The third-order valence-electron chi connectivity index (χ3n) is 5.10. The van der Waals surface area contributed by atoms with Gasteiger partial charge in [-0.1, -0.05) is 18.2 Å². The Balaban J connectivity index is 1.64. The van der Waals surface area contributed by atoms with E-state index in [1.165, 1.54) is 7.11 Å². The second kappa shape index (κ2) is 7.53. The number of para-hydroxylation sites is 2. The van der Waals surface area contributed by atoms with Crippen LogP contribution in [0.1, 0.15) is 5.56 Å². The lowest BCUT2D eigenvalue weighted by molar-refractivity contribution is -0.326. The van der Waals surface area contributed by atoms with E-state index in [-0.39, 0.29) is 5.75 Å². The van der Waals surface area contributed by atoms with Crippen molar-refractivity contribution in [2.75, 3.05) is 12.5 Å². The minimum atomic E-state index is 0.0730. The average molecular weight is 413 g/mol. The van der Waals surface area contributed by atoms with Crippen molar-refractivity contribution in [3.05, 3.63) is 77.7 Å². The van der Waals surface area contributed by atoms with Crippen molar-refractivity contribution < 1.29 is 19.2 Å². The zero-order valence-electron chi connectivity index (χ0n) is 17.1. The number of methoxy groups -OCH3 is 1. The fraction of sp³-hybridized carbons (Fsp3) is 0.0833. The summed E-state index contributed by atoms with van der Waals surface area (Å²) in [5.74, 6) is 1.73. The van der Waals surface area contributed by atoms with Crippen molar-refractivity contribution in [2.24, 2.45) is 5.10 Å². The van der Waals surface area contributed by atoms with E-state index in [2.05, 4.69) is 20.5 Å². The molecule has 0 saturated carbocycles. The van der Waals surface area contributed by atoms with E-state index in [1.54, 1.807) is 18.2 Å². The molecule has 5 aromatic rings. The summed E-state index contributed by atoms with van der Waals surface area (Å²) in [6, 6.07) is 20.9. The van der Waals surface area contributed by atoms with Crippen LogP contribution in [-0.4, -0.2) is 17.2 Å². The third kappa shape index (κ3) is 3.57. The molecular weight excluding hydrogens is 392 g/mol. The zero-order valence-corrected chi connectivity index (χ0v) is 17.1. The molecule has 7 heteroatoms. The van der Waals surface area contributed by atoms with E-state index >= 15 is 0 Å². The molecule has 0 bridgehead atoms. The minimum Gasteiger partial charge on any atom is -0.504 e. The first-order valence-electron chi connectivity index (χ1n) is 9.82. The summed E-state index contributed by atoms with van der Waals surface area (Å²) < 4.78 is 11.4. The highest BCUT2D eigenvalue weighted by atomic mass is 16.5. The van der Waals surface area contributed by atoms with Crippen molar-refractivity contribution in [1.29, 1.82) is 0 Å². The summed E-state index contributed by atoms with van der Waals surface area (Å²) in [7, 11) is 1.52. The second-order valence-corrected chi connectivity index (χ2v) is 7.28. The van der Waals surface area contributed by atoms with Crippen LogP contribution in [0, 0.1) is 6.92 Å². The molecule has 3 aromatic carbocycles. The third-order valence-corrected chi connectivity index (χ3v) is 5.10. The molecule has 0 aliphatic carbocycles. The predicted octanol–water partition coefficient (Wildman–Crippen LogP) is 4.35. The van der Waals surface area contributed by atoms with Crippen LogP contribution < -0.4 is 20.5 Å². The lowest BCUT2D eigenvalue weighted by Gasteiger charge is -2.08. The fourth-order valence-electron chi connectivity index (χ4n) is 3.51. The van der Waals surface area contributed by atoms with Crippen molar-refractivity contribution in [2.45, 2.75) is 6.92 Å². The molecule has 2 heterocycles.